The number of aryl methyl sites for hydroxylation is 2. The molecule has 148 valence electrons. The largest absolute Gasteiger partial charge is 0.491 e. The number of ketones is 1. The Bertz CT molecular complexity index is 883. The van der Waals surface area contributed by atoms with Crippen LogP contribution in [0.2, 0.25) is 0 Å². The van der Waals surface area contributed by atoms with Crippen LogP contribution in [0.1, 0.15) is 63.8 Å². The Morgan fingerprint density at radius 1 is 1.18 bits per heavy atom. The zero-order valence-corrected chi connectivity index (χ0v) is 16.7. The number of benzene rings is 2. The maximum atomic E-state index is 13.1. The molecule has 0 heterocycles. The van der Waals surface area contributed by atoms with Crippen LogP contribution < -0.4 is 4.74 Å². The number of fused-ring (bicyclic) bond motifs is 1. The molecule has 2 aromatic carbocycles. The summed E-state index contributed by atoms with van der Waals surface area (Å²) < 4.78 is 10.5. The van der Waals surface area contributed by atoms with E-state index in [4.69, 9.17) is 4.74 Å². The number of aliphatic hydroxyl groups excluding tert-OH is 1. The van der Waals surface area contributed by atoms with E-state index in [1.165, 1.54) is 7.11 Å². The van der Waals surface area contributed by atoms with Crippen molar-refractivity contribution in [2.75, 3.05) is 7.11 Å². The van der Waals surface area contributed by atoms with Crippen LogP contribution in [-0.4, -0.2) is 30.1 Å². The lowest BCUT2D eigenvalue weighted by Crippen LogP contribution is -2.28. The van der Waals surface area contributed by atoms with Gasteiger partial charge in [-0.05, 0) is 68.5 Å². The molecule has 2 atom stereocenters. The van der Waals surface area contributed by atoms with Crippen molar-refractivity contribution in [2.24, 2.45) is 5.92 Å². The van der Waals surface area contributed by atoms with Gasteiger partial charge in [0.25, 0.3) is 0 Å². The van der Waals surface area contributed by atoms with E-state index in [1.54, 1.807) is 24.3 Å². The van der Waals surface area contributed by atoms with Gasteiger partial charge in [-0.1, -0.05) is 18.2 Å². The Labute approximate surface area is 165 Å². The number of aliphatic hydroxyl groups is 1. The van der Waals surface area contributed by atoms with Gasteiger partial charge in [0.05, 0.1) is 30.8 Å². The monoisotopic (exact) mass is 382 g/mol. The molecule has 1 aliphatic rings. The maximum Gasteiger partial charge on any atom is 0.337 e. The van der Waals surface area contributed by atoms with Gasteiger partial charge in [0.15, 0.2) is 5.78 Å². The number of hydrogen-bond donors (Lipinski definition) is 1. The van der Waals surface area contributed by atoms with Crippen LogP contribution in [0.15, 0.2) is 36.4 Å². The smallest absolute Gasteiger partial charge is 0.337 e. The fourth-order valence-corrected chi connectivity index (χ4v) is 3.67. The molecule has 28 heavy (non-hydrogen) atoms. The van der Waals surface area contributed by atoms with Gasteiger partial charge < -0.3 is 14.6 Å². The van der Waals surface area contributed by atoms with E-state index < -0.39 is 18.0 Å². The molecule has 2 aromatic rings. The predicted molar refractivity (Wildman–Crippen MR) is 106 cm³/mol. The molecule has 0 fully saturated rings. The maximum absolute atomic E-state index is 13.1. The number of hydrogen-bond acceptors (Lipinski definition) is 5. The summed E-state index contributed by atoms with van der Waals surface area (Å²) >= 11 is 0. The Morgan fingerprint density at radius 3 is 2.46 bits per heavy atom. The summed E-state index contributed by atoms with van der Waals surface area (Å²) in [4.78, 5) is 24.7. The minimum atomic E-state index is -0.928. The summed E-state index contributed by atoms with van der Waals surface area (Å²) in [6.45, 7) is 5.88. The third-order valence-corrected chi connectivity index (χ3v) is 5.14. The first-order valence-electron chi connectivity index (χ1n) is 9.52. The molecule has 0 aromatic heterocycles. The molecule has 0 radical (unpaired) electrons. The van der Waals surface area contributed by atoms with Crippen LogP contribution in [0.5, 0.6) is 5.75 Å². The number of carbonyl (C=O) groups excluding carboxylic acids is 2. The highest BCUT2D eigenvalue weighted by Gasteiger charge is 2.34. The number of rotatable bonds is 5. The third kappa shape index (κ3) is 3.94. The van der Waals surface area contributed by atoms with Crippen molar-refractivity contribution in [3.63, 3.8) is 0 Å². The zero-order chi connectivity index (χ0) is 20.4. The molecule has 0 amide bonds. The summed E-state index contributed by atoms with van der Waals surface area (Å²) in [7, 11) is 1.32. The molecule has 0 saturated carbocycles. The second-order valence-corrected chi connectivity index (χ2v) is 7.51. The van der Waals surface area contributed by atoms with E-state index in [2.05, 4.69) is 4.74 Å². The van der Waals surface area contributed by atoms with E-state index in [0.29, 0.717) is 28.9 Å². The Hall–Kier alpha value is -2.66. The molecular weight excluding hydrogens is 356 g/mol. The zero-order valence-electron chi connectivity index (χ0n) is 16.7. The first-order valence-corrected chi connectivity index (χ1v) is 9.52. The predicted octanol–water partition coefficient (Wildman–Crippen LogP) is 4.05. The van der Waals surface area contributed by atoms with Gasteiger partial charge in [0.2, 0.25) is 0 Å². The van der Waals surface area contributed by atoms with E-state index in [0.717, 1.165) is 17.5 Å². The number of methoxy groups -OCH3 is 1. The van der Waals surface area contributed by atoms with Gasteiger partial charge in [0.1, 0.15) is 5.75 Å². The normalized spacial score (nSPS) is 17.2. The van der Waals surface area contributed by atoms with Gasteiger partial charge in [-0.25, -0.2) is 4.79 Å². The van der Waals surface area contributed by atoms with Crippen LogP contribution in [0.4, 0.5) is 0 Å². The van der Waals surface area contributed by atoms with Crippen LogP contribution >= 0.6 is 0 Å². The lowest BCUT2D eigenvalue weighted by atomic mass is 9.77. The molecule has 2 unspecified atom stereocenters. The topological polar surface area (TPSA) is 72.8 Å². The van der Waals surface area contributed by atoms with Crippen molar-refractivity contribution >= 4 is 11.8 Å². The van der Waals surface area contributed by atoms with Gasteiger partial charge in [-0.15, -0.1) is 0 Å². The molecule has 3 rings (SSSR count). The van der Waals surface area contributed by atoms with Gasteiger partial charge in [0, 0.05) is 5.56 Å². The molecule has 5 nitrogen and oxygen atoms in total. The summed E-state index contributed by atoms with van der Waals surface area (Å²) in [5.41, 5.74) is 3.66. The minimum absolute atomic E-state index is 0.0187. The quantitative estimate of drug-likeness (QED) is 0.790. The van der Waals surface area contributed by atoms with E-state index in [-0.39, 0.29) is 11.9 Å². The summed E-state index contributed by atoms with van der Waals surface area (Å²) in [5.74, 6) is -0.318. The highest BCUT2D eigenvalue weighted by Crippen LogP contribution is 2.37. The van der Waals surface area contributed by atoms with Crippen LogP contribution in [0.3, 0.4) is 0 Å². The second-order valence-electron chi connectivity index (χ2n) is 7.51. The number of Topliss-reactive ketones (excluding diaryl/α,β-unsaturated/α-hetero) is 1. The van der Waals surface area contributed by atoms with E-state index in [9.17, 15) is 14.7 Å². The van der Waals surface area contributed by atoms with E-state index in [1.807, 2.05) is 32.9 Å². The standard InChI is InChI=1S/C23H26O5/c1-13(2)28-20-12-19-17(11-14(20)3)9-10-18(22(19)25)21(24)15-5-7-16(8-6-15)23(26)27-4/h5-8,11-13,18,21,24H,9-10H2,1-4H3. The molecule has 0 saturated heterocycles. The van der Waals surface area contributed by atoms with Gasteiger partial charge >= 0.3 is 5.97 Å². The summed E-state index contributed by atoms with van der Waals surface area (Å²) in [5, 5.41) is 10.8. The average molecular weight is 382 g/mol. The van der Waals surface area contributed by atoms with Crippen LogP contribution in [0.25, 0.3) is 0 Å². The first-order chi connectivity index (χ1) is 13.3. The van der Waals surface area contributed by atoms with Gasteiger partial charge in [-0.3, -0.25) is 4.79 Å². The Kier molecular flexibility index (Phi) is 5.84. The van der Waals surface area contributed by atoms with Crippen molar-refractivity contribution in [3.8, 4) is 5.75 Å². The highest BCUT2D eigenvalue weighted by atomic mass is 16.5. The molecule has 0 spiro atoms. The molecule has 1 aliphatic carbocycles. The third-order valence-electron chi connectivity index (χ3n) is 5.14. The molecular formula is C23H26O5. The lowest BCUT2D eigenvalue weighted by molar-refractivity contribution is 0.0594. The van der Waals surface area contributed by atoms with Crippen molar-refractivity contribution in [3.05, 3.63) is 64.2 Å². The second kappa shape index (κ2) is 8.15. The fourth-order valence-electron chi connectivity index (χ4n) is 3.67. The van der Waals surface area contributed by atoms with Crippen molar-refractivity contribution in [1.29, 1.82) is 0 Å². The van der Waals surface area contributed by atoms with Crippen molar-refractivity contribution in [2.45, 2.75) is 45.8 Å². The lowest BCUT2D eigenvalue weighted by Gasteiger charge is -2.28. The number of ether oxygens (including phenoxy) is 2. The number of esters is 1. The fraction of sp³-hybridized carbons (Fsp3) is 0.391. The average Bonchev–Trinajstić information content (AvgIpc) is 2.68. The number of carbonyl (C=O) groups is 2. The molecule has 0 aliphatic heterocycles. The van der Waals surface area contributed by atoms with Crippen LogP contribution in [-0.2, 0) is 11.2 Å². The van der Waals surface area contributed by atoms with Gasteiger partial charge in [-0.2, -0.15) is 0 Å². The van der Waals surface area contributed by atoms with Crippen molar-refractivity contribution in [1.82, 2.24) is 0 Å². The van der Waals surface area contributed by atoms with E-state index >= 15 is 0 Å². The highest BCUT2D eigenvalue weighted by molar-refractivity contribution is 6.01. The summed E-state index contributed by atoms with van der Waals surface area (Å²) in [6, 6.07) is 10.4. The first kappa shape index (κ1) is 20.1. The molecule has 5 heteroatoms. The Morgan fingerprint density at radius 2 is 1.86 bits per heavy atom. The molecule has 0 bridgehead atoms. The summed E-state index contributed by atoms with van der Waals surface area (Å²) in [6.07, 6.45) is 0.398. The van der Waals surface area contributed by atoms with Crippen molar-refractivity contribution < 1.29 is 24.2 Å². The minimum Gasteiger partial charge on any atom is -0.491 e. The molecule has 1 N–H and O–H groups in total. The Balaban J connectivity index is 1.85. The van der Waals surface area contributed by atoms with Crippen LogP contribution in [0, 0.1) is 12.8 Å². The SMILES string of the molecule is COC(=O)c1ccc(C(O)C2CCc3cc(C)c(OC(C)C)cc3C2=O)cc1.